The molecule has 0 bridgehead atoms. The Kier molecular flexibility index (Phi) is 9.05. The van der Waals surface area contributed by atoms with Crippen LogP contribution in [0.4, 0.5) is 5.69 Å². The topological polar surface area (TPSA) is 75.7 Å². The number of benzene rings is 2. The summed E-state index contributed by atoms with van der Waals surface area (Å²) in [5.41, 5.74) is 2.90. The van der Waals surface area contributed by atoms with E-state index in [0.717, 1.165) is 22.1 Å². The third-order valence-corrected chi connectivity index (χ3v) is 6.70. The van der Waals surface area contributed by atoms with Gasteiger partial charge in [0.15, 0.2) is 0 Å². The van der Waals surface area contributed by atoms with Gasteiger partial charge in [-0.15, -0.1) is 0 Å². The van der Waals surface area contributed by atoms with Crippen molar-refractivity contribution in [1.29, 1.82) is 0 Å². The average Bonchev–Trinajstić information content (AvgIpc) is 2.69. The standard InChI is InChI=1S/C22H30N2O4S2/c1-5-28-21-12-10-20(11-13-21)24(30(4,26)27)18(3)22(25)23-14-15-29-16-19-8-6-17(2)7-9-19/h6-13,18H,5,14-16H2,1-4H3,(H,23,25)/t18-/m0/s1. The predicted molar refractivity (Wildman–Crippen MR) is 125 cm³/mol. The quantitative estimate of drug-likeness (QED) is 0.530. The van der Waals surface area contributed by atoms with Gasteiger partial charge in [0.1, 0.15) is 11.8 Å². The number of ether oxygens (including phenoxy) is 1. The van der Waals surface area contributed by atoms with Crippen molar-refractivity contribution in [2.75, 3.05) is 29.5 Å². The van der Waals surface area contributed by atoms with E-state index in [9.17, 15) is 13.2 Å². The monoisotopic (exact) mass is 450 g/mol. The lowest BCUT2D eigenvalue weighted by atomic mass is 10.2. The Morgan fingerprint density at radius 2 is 1.77 bits per heavy atom. The first-order valence-electron chi connectivity index (χ1n) is 9.85. The zero-order valence-electron chi connectivity index (χ0n) is 17.9. The van der Waals surface area contributed by atoms with E-state index in [1.807, 2.05) is 6.92 Å². The molecule has 8 heteroatoms. The molecule has 2 aromatic carbocycles. The van der Waals surface area contributed by atoms with E-state index < -0.39 is 16.1 Å². The number of anilines is 1. The lowest BCUT2D eigenvalue weighted by Crippen LogP contribution is -2.48. The molecule has 0 spiro atoms. The van der Waals surface area contributed by atoms with Crippen LogP contribution in [-0.4, -0.2) is 45.5 Å². The lowest BCUT2D eigenvalue weighted by molar-refractivity contribution is -0.121. The summed E-state index contributed by atoms with van der Waals surface area (Å²) in [6.07, 6.45) is 1.10. The molecular formula is C22H30N2O4S2. The summed E-state index contributed by atoms with van der Waals surface area (Å²) in [5.74, 6) is 1.93. The van der Waals surface area contributed by atoms with Crippen LogP contribution < -0.4 is 14.4 Å². The van der Waals surface area contributed by atoms with E-state index in [2.05, 4.69) is 36.5 Å². The largest absolute Gasteiger partial charge is 0.494 e. The molecule has 0 aromatic heterocycles. The highest BCUT2D eigenvalue weighted by Crippen LogP contribution is 2.24. The first kappa shape index (κ1) is 24.1. The first-order chi connectivity index (χ1) is 14.2. The van der Waals surface area contributed by atoms with Gasteiger partial charge in [-0.1, -0.05) is 29.8 Å². The van der Waals surface area contributed by atoms with E-state index in [0.29, 0.717) is 24.6 Å². The molecule has 0 radical (unpaired) electrons. The number of sulfonamides is 1. The van der Waals surface area contributed by atoms with Gasteiger partial charge < -0.3 is 10.1 Å². The first-order valence-corrected chi connectivity index (χ1v) is 12.9. The summed E-state index contributed by atoms with van der Waals surface area (Å²) in [5, 5.41) is 2.84. The fourth-order valence-corrected chi connectivity index (χ4v) is 4.93. The van der Waals surface area contributed by atoms with Gasteiger partial charge in [0.2, 0.25) is 15.9 Å². The van der Waals surface area contributed by atoms with Gasteiger partial charge in [-0.3, -0.25) is 9.10 Å². The average molecular weight is 451 g/mol. The molecule has 1 amide bonds. The molecule has 1 atom stereocenters. The zero-order valence-corrected chi connectivity index (χ0v) is 19.6. The van der Waals surface area contributed by atoms with Crippen molar-refractivity contribution in [3.63, 3.8) is 0 Å². The molecule has 164 valence electrons. The van der Waals surface area contributed by atoms with E-state index in [1.165, 1.54) is 11.1 Å². The number of amides is 1. The Hall–Kier alpha value is -2.19. The summed E-state index contributed by atoms with van der Waals surface area (Å²) in [7, 11) is -3.64. The third kappa shape index (κ3) is 7.25. The maximum Gasteiger partial charge on any atom is 0.243 e. The molecule has 30 heavy (non-hydrogen) atoms. The number of nitrogens with one attached hydrogen (secondary N) is 1. The Balaban J connectivity index is 1.91. The van der Waals surface area contributed by atoms with Crippen molar-refractivity contribution in [3.8, 4) is 5.75 Å². The summed E-state index contributed by atoms with van der Waals surface area (Å²) in [4.78, 5) is 12.6. The molecule has 2 rings (SSSR count). The van der Waals surface area contributed by atoms with Crippen LogP contribution >= 0.6 is 11.8 Å². The minimum Gasteiger partial charge on any atom is -0.494 e. The van der Waals surface area contributed by atoms with Crippen molar-refractivity contribution in [2.45, 2.75) is 32.6 Å². The van der Waals surface area contributed by atoms with Crippen LogP contribution in [0.5, 0.6) is 5.75 Å². The second-order valence-corrected chi connectivity index (χ2v) is 9.96. The van der Waals surface area contributed by atoms with Crippen molar-refractivity contribution >= 4 is 33.4 Å². The molecule has 0 heterocycles. The van der Waals surface area contributed by atoms with E-state index in [-0.39, 0.29) is 5.91 Å². The SMILES string of the molecule is CCOc1ccc(N([C@@H](C)C(=O)NCCSCc2ccc(C)cc2)S(C)(=O)=O)cc1. The number of aryl methyl sites for hydroxylation is 1. The van der Waals surface area contributed by atoms with Crippen molar-refractivity contribution in [1.82, 2.24) is 5.32 Å². The van der Waals surface area contributed by atoms with Gasteiger partial charge in [0, 0.05) is 18.1 Å². The molecule has 0 saturated carbocycles. The van der Waals surface area contributed by atoms with Crippen molar-refractivity contribution < 1.29 is 17.9 Å². The Labute approximate surface area is 184 Å². The van der Waals surface area contributed by atoms with E-state index in [4.69, 9.17) is 4.74 Å². The molecule has 0 aliphatic carbocycles. The Morgan fingerprint density at radius 3 is 2.33 bits per heavy atom. The maximum absolute atomic E-state index is 12.6. The fraction of sp³-hybridized carbons (Fsp3) is 0.409. The van der Waals surface area contributed by atoms with Crippen LogP contribution in [-0.2, 0) is 20.6 Å². The third-order valence-electron chi connectivity index (χ3n) is 4.43. The second-order valence-electron chi connectivity index (χ2n) is 6.99. The van der Waals surface area contributed by atoms with Crippen LogP contribution in [0.3, 0.4) is 0 Å². The molecule has 0 aliphatic heterocycles. The summed E-state index contributed by atoms with van der Waals surface area (Å²) < 4.78 is 31.2. The number of carbonyl (C=O) groups is 1. The van der Waals surface area contributed by atoms with Crippen molar-refractivity contribution in [2.24, 2.45) is 0 Å². The molecule has 0 saturated heterocycles. The van der Waals surface area contributed by atoms with Crippen LogP contribution in [0.1, 0.15) is 25.0 Å². The molecule has 6 nitrogen and oxygen atoms in total. The highest BCUT2D eigenvalue weighted by Gasteiger charge is 2.28. The highest BCUT2D eigenvalue weighted by atomic mass is 32.2. The number of rotatable bonds is 11. The normalized spacial score (nSPS) is 12.3. The van der Waals surface area contributed by atoms with Crippen molar-refractivity contribution in [3.05, 3.63) is 59.7 Å². The van der Waals surface area contributed by atoms with Gasteiger partial charge >= 0.3 is 0 Å². The van der Waals surface area contributed by atoms with Gasteiger partial charge in [-0.25, -0.2) is 8.42 Å². The number of thioether (sulfide) groups is 1. The van der Waals surface area contributed by atoms with Gasteiger partial charge in [-0.05, 0) is 50.6 Å². The summed E-state index contributed by atoms with van der Waals surface area (Å²) in [6, 6.07) is 14.2. The summed E-state index contributed by atoms with van der Waals surface area (Å²) >= 11 is 1.72. The van der Waals surface area contributed by atoms with Crippen LogP contribution in [0.25, 0.3) is 0 Å². The van der Waals surface area contributed by atoms with E-state index >= 15 is 0 Å². The second kappa shape index (κ2) is 11.3. The Morgan fingerprint density at radius 1 is 1.13 bits per heavy atom. The summed E-state index contributed by atoms with van der Waals surface area (Å²) in [6.45, 7) is 6.52. The van der Waals surface area contributed by atoms with Crippen LogP contribution in [0.2, 0.25) is 0 Å². The molecule has 0 fully saturated rings. The Bertz CT molecular complexity index is 913. The minimum absolute atomic E-state index is 0.328. The molecular weight excluding hydrogens is 420 g/mol. The van der Waals surface area contributed by atoms with Crippen LogP contribution in [0, 0.1) is 6.92 Å². The fourth-order valence-electron chi connectivity index (χ4n) is 2.93. The maximum atomic E-state index is 12.6. The molecule has 0 unspecified atom stereocenters. The van der Waals surface area contributed by atoms with Gasteiger partial charge in [-0.2, -0.15) is 11.8 Å². The number of hydrogen-bond acceptors (Lipinski definition) is 5. The lowest BCUT2D eigenvalue weighted by Gasteiger charge is -2.28. The zero-order chi connectivity index (χ0) is 22.1. The molecule has 2 aromatic rings. The number of nitrogens with zero attached hydrogens (tertiary/aromatic N) is 1. The predicted octanol–water partition coefficient (Wildman–Crippen LogP) is 3.60. The van der Waals surface area contributed by atoms with Crippen LogP contribution in [0.15, 0.2) is 48.5 Å². The van der Waals surface area contributed by atoms with Gasteiger partial charge in [0.05, 0.1) is 18.6 Å². The molecule has 0 aliphatic rings. The smallest absolute Gasteiger partial charge is 0.243 e. The number of hydrogen-bond donors (Lipinski definition) is 1. The highest BCUT2D eigenvalue weighted by molar-refractivity contribution is 7.98. The van der Waals surface area contributed by atoms with Gasteiger partial charge in [0.25, 0.3) is 0 Å². The number of carbonyl (C=O) groups excluding carboxylic acids is 1. The molecule has 1 N–H and O–H groups in total. The van der Waals surface area contributed by atoms with E-state index in [1.54, 1.807) is 43.0 Å². The minimum atomic E-state index is -3.64.